The summed E-state index contributed by atoms with van der Waals surface area (Å²) in [4.78, 5) is 38.7. The number of carbonyl (C=O) groups excluding carboxylic acids is 3. The van der Waals surface area contributed by atoms with Crippen LogP contribution in [-0.2, 0) is 11.2 Å². The molecule has 0 N–H and O–H groups in total. The molecule has 2 heterocycles. The van der Waals surface area contributed by atoms with E-state index >= 15 is 0 Å². The Bertz CT molecular complexity index is 644. The number of hydrogen-bond donors (Lipinski definition) is 0. The second-order valence-corrected chi connectivity index (χ2v) is 5.09. The lowest BCUT2D eigenvalue weighted by molar-refractivity contribution is -0.116. The summed E-state index contributed by atoms with van der Waals surface area (Å²) in [5, 5.41) is 0. The number of nitrogens with zero attached hydrogens (tertiary/aromatic N) is 2. The summed E-state index contributed by atoms with van der Waals surface area (Å²) in [6, 6.07) is 3.38. The van der Waals surface area contributed by atoms with Gasteiger partial charge in [-0.05, 0) is 40.5 Å². The molecule has 21 heavy (non-hydrogen) atoms. The first kappa shape index (κ1) is 16.8. The molecule has 2 rings (SSSR count). The Kier molecular flexibility index (Phi) is 7.11. The monoisotopic (exact) mass is 348 g/mol. The van der Waals surface area contributed by atoms with E-state index < -0.39 is 0 Å². The van der Waals surface area contributed by atoms with Gasteiger partial charge >= 0.3 is 0 Å². The third kappa shape index (κ3) is 6.67. The highest BCUT2D eigenvalue weighted by atomic mass is 79.9. The molecule has 0 amide bonds. The molecule has 0 bridgehead atoms. The number of rotatable bonds is 4. The minimum Gasteiger partial charge on any atom is -0.300 e. The maximum absolute atomic E-state index is 10.7. The summed E-state index contributed by atoms with van der Waals surface area (Å²) in [5.74, 6) is 0.0693. The summed E-state index contributed by atoms with van der Waals surface area (Å²) in [5.41, 5.74) is 1.88. The van der Waals surface area contributed by atoms with E-state index in [1.54, 1.807) is 24.5 Å². The van der Waals surface area contributed by atoms with Crippen LogP contribution in [0.2, 0.25) is 0 Å². The average molecular weight is 349 g/mol. The molecule has 0 saturated heterocycles. The van der Waals surface area contributed by atoms with Crippen molar-refractivity contribution in [2.75, 3.05) is 0 Å². The lowest BCUT2D eigenvalue weighted by Gasteiger charge is -1.96. The summed E-state index contributed by atoms with van der Waals surface area (Å²) < 4.78 is 0.826. The van der Waals surface area contributed by atoms with Crippen LogP contribution < -0.4 is 0 Å². The second-order valence-electron chi connectivity index (χ2n) is 4.18. The van der Waals surface area contributed by atoms with Crippen LogP contribution in [0.25, 0.3) is 0 Å². The lowest BCUT2D eigenvalue weighted by atomic mass is 10.1. The van der Waals surface area contributed by atoms with Crippen molar-refractivity contribution in [3.05, 3.63) is 58.1 Å². The van der Waals surface area contributed by atoms with Crippen LogP contribution in [-0.4, -0.2) is 28.3 Å². The fraction of sp³-hybridized carbons (Fsp3) is 0.133. The molecule has 0 aliphatic rings. The van der Waals surface area contributed by atoms with Crippen molar-refractivity contribution < 1.29 is 14.4 Å². The van der Waals surface area contributed by atoms with Gasteiger partial charge in [0.15, 0.2) is 12.6 Å². The van der Waals surface area contributed by atoms with Crippen molar-refractivity contribution >= 4 is 34.3 Å². The first-order valence-electron chi connectivity index (χ1n) is 5.99. The molecule has 108 valence electrons. The molecule has 0 atom stereocenters. The molecule has 0 aliphatic heterocycles. The lowest BCUT2D eigenvalue weighted by Crippen LogP contribution is -1.97. The number of hydrogen-bond acceptors (Lipinski definition) is 5. The van der Waals surface area contributed by atoms with E-state index in [0.717, 1.165) is 22.6 Å². The van der Waals surface area contributed by atoms with Crippen molar-refractivity contribution in [3.63, 3.8) is 0 Å². The van der Waals surface area contributed by atoms with E-state index in [-0.39, 0.29) is 5.78 Å². The largest absolute Gasteiger partial charge is 0.300 e. The predicted octanol–water partition coefficient (Wildman–Crippen LogP) is 2.68. The van der Waals surface area contributed by atoms with Gasteiger partial charge in [-0.3, -0.25) is 24.4 Å². The third-order valence-corrected chi connectivity index (χ3v) is 2.70. The quantitative estimate of drug-likeness (QED) is 0.793. The zero-order valence-electron chi connectivity index (χ0n) is 11.3. The summed E-state index contributed by atoms with van der Waals surface area (Å²) in [7, 11) is 0. The van der Waals surface area contributed by atoms with E-state index in [9.17, 15) is 14.4 Å². The highest BCUT2D eigenvalue weighted by molar-refractivity contribution is 9.10. The molecule has 6 heteroatoms. The van der Waals surface area contributed by atoms with Gasteiger partial charge in [0.05, 0.1) is 0 Å². The first-order chi connectivity index (χ1) is 10.0. The summed E-state index contributed by atoms with van der Waals surface area (Å²) in [6.07, 6.45) is 8.03. The summed E-state index contributed by atoms with van der Waals surface area (Å²) >= 11 is 3.18. The zero-order valence-corrected chi connectivity index (χ0v) is 12.9. The smallest absolute Gasteiger partial charge is 0.151 e. The van der Waals surface area contributed by atoms with Crippen LogP contribution >= 0.6 is 15.9 Å². The SMILES string of the molecule is CC(=O)Cc1cncc(C=O)c1.O=Cc1cncc(Br)c1. The molecule has 0 unspecified atom stereocenters. The number of ketones is 1. The van der Waals surface area contributed by atoms with Gasteiger partial charge < -0.3 is 0 Å². The Balaban J connectivity index is 0.000000219. The van der Waals surface area contributed by atoms with Crippen LogP contribution in [0.5, 0.6) is 0 Å². The minimum absolute atomic E-state index is 0.0693. The van der Waals surface area contributed by atoms with Crippen LogP contribution in [0.15, 0.2) is 41.4 Å². The van der Waals surface area contributed by atoms with Gasteiger partial charge in [-0.1, -0.05) is 0 Å². The normalized spacial score (nSPS) is 9.24. The highest BCUT2D eigenvalue weighted by Crippen LogP contribution is 2.07. The maximum Gasteiger partial charge on any atom is 0.151 e. The van der Waals surface area contributed by atoms with E-state index in [2.05, 4.69) is 25.9 Å². The number of aldehydes is 2. The van der Waals surface area contributed by atoms with Crippen molar-refractivity contribution in [1.29, 1.82) is 0 Å². The maximum atomic E-state index is 10.7. The Morgan fingerprint density at radius 3 is 2.10 bits per heavy atom. The topological polar surface area (TPSA) is 77.0 Å². The number of Topliss-reactive ketones (excluding diaryl/α,β-unsaturated/α-hetero) is 1. The molecule has 2 aromatic rings. The number of pyridine rings is 2. The zero-order chi connectivity index (χ0) is 15.7. The molecule has 0 aliphatic carbocycles. The predicted molar refractivity (Wildman–Crippen MR) is 81.3 cm³/mol. The fourth-order valence-corrected chi connectivity index (χ4v) is 1.83. The van der Waals surface area contributed by atoms with Gasteiger partial charge in [-0.25, -0.2) is 0 Å². The molecule has 0 radical (unpaired) electrons. The van der Waals surface area contributed by atoms with E-state index in [4.69, 9.17) is 0 Å². The van der Waals surface area contributed by atoms with Crippen LogP contribution in [0, 0.1) is 0 Å². The van der Waals surface area contributed by atoms with E-state index in [1.807, 2.05) is 0 Å². The molecule has 2 aromatic heterocycles. The molecular formula is C15H13BrN2O3. The van der Waals surface area contributed by atoms with Crippen molar-refractivity contribution in [2.45, 2.75) is 13.3 Å². The first-order valence-corrected chi connectivity index (χ1v) is 6.78. The third-order valence-electron chi connectivity index (χ3n) is 2.27. The van der Waals surface area contributed by atoms with E-state index in [1.165, 1.54) is 19.3 Å². The van der Waals surface area contributed by atoms with Crippen LogP contribution in [0.3, 0.4) is 0 Å². The Morgan fingerprint density at radius 1 is 1.05 bits per heavy atom. The minimum atomic E-state index is 0.0693. The Morgan fingerprint density at radius 2 is 1.62 bits per heavy atom. The molecule has 0 aromatic carbocycles. The van der Waals surface area contributed by atoms with Gasteiger partial charge in [0.1, 0.15) is 5.78 Å². The highest BCUT2D eigenvalue weighted by Gasteiger charge is 1.98. The van der Waals surface area contributed by atoms with Gasteiger partial charge in [0.25, 0.3) is 0 Å². The van der Waals surface area contributed by atoms with Crippen LogP contribution in [0.4, 0.5) is 0 Å². The van der Waals surface area contributed by atoms with Crippen molar-refractivity contribution in [2.24, 2.45) is 0 Å². The Hall–Kier alpha value is -2.21. The van der Waals surface area contributed by atoms with Crippen LogP contribution in [0.1, 0.15) is 33.2 Å². The van der Waals surface area contributed by atoms with Gasteiger partial charge in [-0.15, -0.1) is 0 Å². The molecular weight excluding hydrogens is 336 g/mol. The van der Waals surface area contributed by atoms with Crippen molar-refractivity contribution in [3.8, 4) is 0 Å². The van der Waals surface area contributed by atoms with Gasteiger partial charge in [0, 0.05) is 46.8 Å². The van der Waals surface area contributed by atoms with Gasteiger partial charge in [-0.2, -0.15) is 0 Å². The molecule has 5 nitrogen and oxygen atoms in total. The standard InChI is InChI=1S/C9H9NO2.C6H4BrNO/c1-7(12)2-8-3-9(6-11)5-10-4-8;7-6-1-5(4-9)2-8-3-6/h3-6H,2H2,1H3;1-4H. The van der Waals surface area contributed by atoms with Crippen molar-refractivity contribution in [1.82, 2.24) is 9.97 Å². The fourth-order valence-electron chi connectivity index (χ4n) is 1.45. The number of halogens is 1. The Labute approximate surface area is 130 Å². The average Bonchev–Trinajstić information content (AvgIpc) is 2.47. The second kappa shape index (κ2) is 8.86. The number of aromatic nitrogens is 2. The molecule has 0 fully saturated rings. The summed E-state index contributed by atoms with van der Waals surface area (Å²) in [6.45, 7) is 1.51. The molecule has 0 spiro atoms. The number of carbonyl (C=O) groups is 3. The molecule has 0 saturated carbocycles. The van der Waals surface area contributed by atoms with Gasteiger partial charge in [0.2, 0.25) is 0 Å². The van der Waals surface area contributed by atoms with E-state index in [0.29, 0.717) is 17.5 Å².